The van der Waals surface area contributed by atoms with Crippen LogP contribution in [-0.2, 0) is 0 Å². The molecule has 0 radical (unpaired) electrons. The van der Waals surface area contributed by atoms with Crippen LogP contribution in [0.4, 0.5) is 11.5 Å². The highest BCUT2D eigenvalue weighted by atomic mass is 16.4. The van der Waals surface area contributed by atoms with Crippen molar-refractivity contribution in [3.8, 4) is 0 Å². The highest BCUT2D eigenvalue weighted by Crippen LogP contribution is 2.23. The number of oxime groups is 1. The maximum Gasteiger partial charge on any atom is 0.170 e. The van der Waals surface area contributed by atoms with E-state index in [9.17, 15) is 0 Å². The van der Waals surface area contributed by atoms with Crippen LogP contribution in [0.15, 0.2) is 41.6 Å². The second-order valence-corrected chi connectivity index (χ2v) is 4.74. The Balaban J connectivity index is 2.44. The van der Waals surface area contributed by atoms with Crippen molar-refractivity contribution in [2.45, 2.75) is 13.8 Å². The number of hydrogen-bond donors (Lipinski definition) is 2. The summed E-state index contributed by atoms with van der Waals surface area (Å²) in [5, 5.41) is 11.8. The van der Waals surface area contributed by atoms with Crippen LogP contribution in [-0.4, -0.2) is 23.1 Å². The number of benzene rings is 1. The van der Waals surface area contributed by atoms with E-state index in [4.69, 9.17) is 10.9 Å². The van der Waals surface area contributed by atoms with Crippen molar-refractivity contribution >= 4 is 17.3 Å². The molecule has 1 aromatic heterocycles. The number of nitrogens with zero attached hydrogens (tertiary/aromatic N) is 3. The molecule has 0 spiro atoms. The van der Waals surface area contributed by atoms with Crippen LogP contribution >= 0.6 is 0 Å². The third-order valence-corrected chi connectivity index (χ3v) is 3.08. The topological polar surface area (TPSA) is 74.7 Å². The number of aromatic nitrogens is 1. The normalized spacial score (nSPS) is 11.4. The maximum absolute atomic E-state index is 8.79. The summed E-state index contributed by atoms with van der Waals surface area (Å²) < 4.78 is 0. The largest absolute Gasteiger partial charge is 0.409 e. The van der Waals surface area contributed by atoms with Gasteiger partial charge < -0.3 is 15.8 Å². The minimum absolute atomic E-state index is 0.0781. The summed E-state index contributed by atoms with van der Waals surface area (Å²) in [4.78, 5) is 6.46. The van der Waals surface area contributed by atoms with Gasteiger partial charge in [-0.25, -0.2) is 4.98 Å². The molecular formula is C15H18N4O. The van der Waals surface area contributed by atoms with Crippen LogP contribution < -0.4 is 10.6 Å². The lowest BCUT2D eigenvalue weighted by molar-refractivity contribution is 0.318. The smallest absolute Gasteiger partial charge is 0.170 e. The van der Waals surface area contributed by atoms with Gasteiger partial charge in [0.15, 0.2) is 5.84 Å². The minimum atomic E-state index is 0.0781. The van der Waals surface area contributed by atoms with E-state index in [0.29, 0.717) is 5.56 Å². The Morgan fingerprint density at radius 1 is 1.25 bits per heavy atom. The average molecular weight is 270 g/mol. The molecular weight excluding hydrogens is 252 g/mol. The van der Waals surface area contributed by atoms with E-state index in [0.717, 1.165) is 17.2 Å². The molecule has 0 saturated carbocycles. The highest BCUT2D eigenvalue weighted by Gasteiger charge is 2.09. The first-order valence-corrected chi connectivity index (χ1v) is 6.28. The van der Waals surface area contributed by atoms with Crippen LogP contribution in [0.25, 0.3) is 0 Å². The van der Waals surface area contributed by atoms with Crippen molar-refractivity contribution in [2.24, 2.45) is 10.9 Å². The van der Waals surface area contributed by atoms with Gasteiger partial charge in [-0.1, -0.05) is 17.3 Å². The number of amidine groups is 1. The maximum atomic E-state index is 8.79. The number of aryl methyl sites for hydroxylation is 2. The van der Waals surface area contributed by atoms with Gasteiger partial charge >= 0.3 is 0 Å². The zero-order chi connectivity index (χ0) is 14.7. The van der Waals surface area contributed by atoms with E-state index in [1.165, 1.54) is 5.56 Å². The van der Waals surface area contributed by atoms with Crippen LogP contribution in [0.3, 0.4) is 0 Å². The molecule has 2 rings (SSSR count). The molecule has 1 aromatic carbocycles. The average Bonchev–Trinajstić information content (AvgIpc) is 2.45. The van der Waals surface area contributed by atoms with E-state index in [2.05, 4.69) is 16.2 Å². The number of anilines is 2. The molecule has 0 saturated heterocycles. The molecule has 0 fully saturated rings. The van der Waals surface area contributed by atoms with E-state index in [1.54, 1.807) is 12.1 Å². The Labute approximate surface area is 118 Å². The van der Waals surface area contributed by atoms with Crippen molar-refractivity contribution in [1.82, 2.24) is 4.98 Å². The van der Waals surface area contributed by atoms with Gasteiger partial charge in [0.05, 0.1) is 0 Å². The lowest BCUT2D eigenvalue weighted by Gasteiger charge is -2.20. The number of hydrogen-bond acceptors (Lipinski definition) is 4. The molecule has 2 aromatic rings. The van der Waals surface area contributed by atoms with Crippen LogP contribution in [0, 0.1) is 13.8 Å². The summed E-state index contributed by atoms with van der Waals surface area (Å²) in [7, 11) is 1.94. The van der Waals surface area contributed by atoms with Gasteiger partial charge in [-0.2, -0.15) is 0 Å². The van der Waals surface area contributed by atoms with Crippen LogP contribution in [0.5, 0.6) is 0 Å². The fourth-order valence-corrected chi connectivity index (χ4v) is 2.00. The molecule has 0 aliphatic rings. The lowest BCUT2D eigenvalue weighted by Crippen LogP contribution is -2.17. The lowest BCUT2D eigenvalue weighted by atomic mass is 10.2. The first-order valence-electron chi connectivity index (χ1n) is 6.28. The number of rotatable bonds is 3. The van der Waals surface area contributed by atoms with E-state index in [1.807, 2.05) is 44.0 Å². The number of nitrogens with two attached hydrogens (primary N) is 1. The van der Waals surface area contributed by atoms with Crippen molar-refractivity contribution in [3.05, 3.63) is 53.2 Å². The van der Waals surface area contributed by atoms with Gasteiger partial charge in [0.1, 0.15) is 5.82 Å². The molecule has 20 heavy (non-hydrogen) atoms. The van der Waals surface area contributed by atoms with Gasteiger partial charge in [0.25, 0.3) is 0 Å². The van der Waals surface area contributed by atoms with Crippen molar-refractivity contribution in [1.29, 1.82) is 0 Å². The first kappa shape index (κ1) is 13.9. The second kappa shape index (κ2) is 5.61. The van der Waals surface area contributed by atoms with Gasteiger partial charge in [0.2, 0.25) is 0 Å². The quantitative estimate of drug-likeness (QED) is 0.389. The van der Waals surface area contributed by atoms with E-state index >= 15 is 0 Å². The molecule has 3 N–H and O–H groups in total. The fourth-order valence-electron chi connectivity index (χ4n) is 2.00. The third-order valence-electron chi connectivity index (χ3n) is 3.08. The monoisotopic (exact) mass is 270 g/mol. The first-order chi connectivity index (χ1) is 9.51. The molecule has 1 heterocycles. The summed E-state index contributed by atoms with van der Waals surface area (Å²) in [6.07, 6.45) is 0. The van der Waals surface area contributed by atoms with Crippen molar-refractivity contribution < 1.29 is 5.21 Å². The van der Waals surface area contributed by atoms with Gasteiger partial charge in [-0.05, 0) is 43.7 Å². The van der Waals surface area contributed by atoms with E-state index < -0.39 is 0 Å². The zero-order valence-electron chi connectivity index (χ0n) is 11.8. The second-order valence-electron chi connectivity index (χ2n) is 4.74. The van der Waals surface area contributed by atoms with Crippen LogP contribution in [0.2, 0.25) is 0 Å². The fraction of sp³-hybridized carbons (Fsp3) is 0.200. The number of pyridine rings is 1. The summed E-state index contributed by atoms with van der Waals surface area (Å²) in [6, 6.07) is 11.7. The Morgan fingerprint density at radius 3 is 2.65 bits per heavy atom. The minimum Gasteiger partial charge on any atom is -0.409 e. The standard InChI is InChI=1S/C15H18N4O/c1-10-5-4-6-13(7-10)19(3)14-9-12(15(16)18-20)8-11(2)17-14/h4-9,20H,1-3H3,(H2,16,18). The molecule has 0 aliphatic carbocycles. The predicted octanol–water partition coefficient (Wildman–Crippen LogP) is 2.56. The summed E-state index contributed by atoms with van der Waals surface area (Å²) >= 11 is 0. The van der Waals surface area contributed by atoms with E-state index in [-0.39, 0.29) is 5.84 Å². The molecule has 5 nitrogen and oxygen atoms in total. The van der Waals surface area contributed by atoms with Gasteiger partial charge in [0, 0.05) is 24.0 Å². The molecule has 0 atom stereocenters. The zero-order valence-corrected chi connectivity index (χ0v) is 11.8. The third kappa shape index (κ3) is 2.88. The molecule has 5 heteroatoms. The van der Waals surface area contributed by atoms with Crippen LogP contribution in [0.1, 0.15) is 16.8 Å². The molecule has 0 bridgehead atoms. The molecule has 0 aliphatic heterocycles. The molecule has 0 unspecified atom stereocenters. The Kier molecular flexibility index (Phi) is 3.89. The highest BCUT2D eigenvalue weighted by molar-refractivity contribution is 5.97. The predicted molar refractivity (Wildman–Crippen MR) is 80.7 cm³/mol. The SMILES string of the molecule is Cc1cccc(N(C)c2cc(/C(N)=N/O)cc(C)n2)c1. The summed E-state index contributed by atoms with van der Waals surface area (Å²) in [5.74, 6) is 0.826. The van der Waals surface area contributed by atoms with Gasteiger partial charge in [-0.3, -0.25) is 0 Å². The van der Waals surface area contributed by atoms with Gasteiger partial charge in [-0.15, -0.1) is 0 Å². The Bertz CT molecular complexity index is 652. The van der Waals surface area contributed by atoms with Crippen molar-refractivity contribution in [3.63, 3.8) is 0 Å². The van der Waals surface area contributed by atoms with Crippen molar-refractivity contribution in [2.75, 3.05) is 11.9 Å². The molecule has 104 valence electrons. The summed E-state index contributed by atoms with van der Waals surface area (Å²) in [6.45, 7) is 3.92. The molecule has 0 amide bonds. The Hall–Kier alpha value is -2.56. The Morgan fingerprint density at radius 2 is 2.00 bits per heavy atom. The summed E-state index contributed by atoms with van der Waals surface area (Å²) in [5.41, 5.74) is 9.32.